The van der Waals surface area contributed by atoms with Crippen LogP contribution >= 0.6 is 0 Å². The summed E-state index contributed by atoms with van der Waals surface area (Å²) < 4.78 is 39.5. The first-order valence-corrected chi connectivity index (χ1v) is 7.99. The van der Waals surface area contributed by atoms with Gasteiger partial charge in [0.15, 0.2) is 11.5 Å². The van der Waals surface area contributed by atoms with Crippen molar-refractivity contribution in [3.8, 4) is 0 Å². The van der Waals surface area contributed by atoms with Crippen LogP contribution in [0.1, 0.15) is 28.2 Å². The van der Waals surface area contributed by atoms with Crippen LogP contribution in [0.15, 0.2) is 23.0 Å². The van der Waals surface area contributed by atoms with Gasteiger partial charge in [0, 0.05) is 38.9 Å². The predicted octanol–water partition coefficient (Wildman–Crippen LogP) is 1.97. The van der Waals surface area contributed by atoms with Crippen LogP contribution in [-0.4, -0.2) is 58.5 Å². The Labute approximate surface area is 143 Å². The Kier molecular flexibility index (Phi) is 4.85. The maximum Gasteiger partial charge on any atom is 0.276 e. The van der Waals surface area contributed by atoms with Gasteiger partial charge in [0.1, 0.15) is 6.54 Å². The van der Waals surface area contributed by atoms with Crippen molar-refractivity contribution in [2.45, 2.75) is 25.8 Å². The van der Waals surface area contributed by atoms with Crippen molar-refractivity contribution in [2.75, 3.05) is 26.8 Å². The molecule has 1 atom stereocenters. The molecule has 0 N–H and O–H groups in total. The number of aryl methyl sites for hydroxylation is 1. The number of nitrogens with zero attached hydrogens (tertiary/aromatic N) is 4. The molecule has 136 valence electrons. The Bertz CT molecular complexity index is 743. The lowest BCUT2D eigenvalue weighted by Crippen LogP contribution is -2.50. The van der Waals surface area contributed by atoms with Crippen molar-refractivity contribution >= 4 is 5.91 Å². The van der Waals surface area contributed by atoms with E-state index in [-0.39, 0.29) is 31.8 Å². The summed E-state index contributed by atoms with van der Waals surface area (Å²) in [4.78, 5) is 13.9. The molecule has 2 aromatic heterocycles. The second kappa shape index (κ2) is 6.91. The largest absolute Gasteiger partial charge is 0.384 e. The van der Waals surface area contributed by atoms with Gasteiger partial charge >= 0.3 is 0 Å². The minimum Gasteiger partial charge on any atom is -0.384 e. The maximum absolute atomic E-state index is 13.9. The molecule has 1 aliphatic heterocycles. The van der Waals surface area contributed by atoms with Gasteiger partial charge in [-0.05, 0) is 12.5 Å². The molecule has 1 fully saturated rings. The minimum atomic E-state index is -2.83. The van der Waals surface area contributed by atoms with Gasteiger partial charge in [-0.2, -0.15) is 5.10 Å². The van der Waals surface area contributed by atoms with Gasteiger partial charge in [-0.25, -0.2) is 8.78 Å². The van der Waals surface area contributed by atoms with E-state index in [0.29, 0.717) is 12.3 Å². The third kappa shape index (κ3) is 3.87. The number of ether oxygens (including phenoxy) is 1. The van der Waals surface area contributed by atoms with Crippen LogP contribution in [0.4, 0.5) is 8.78 Å². The van der Waals surface area contributed by atoms with Crippen LogP contribution in [0.2, 0.25) is 0 Å². The first kappa shape index (κ1) is 17.5. The molecule has 3 rings (SSSR count). The van der Waals surface area contributed by atoms with E-state index in [0.717, 1.165) is 5.56 Å². The fraction of sp³-hybridized carbons (Fsp3) is 0.562. The average molecular weight is 354 g/mol. The predicted molar refractivity (Wildman–Crippen MR) is 83.4 cm³/mol. The number of carbonyl (C=O) groups excluding carboxylic acids is 1. The van der Waals surface area contributed by atoms with Crippen LogP contribution in [-0.2, 0) is 11.3 Å². The zero-order valence-corrected chi connectivity index (χ0v) is 14.1. The molecule has 1 saturated heterocycles. The molecule has 9 heteroatoms. The number of rotatable bonds is 5. The van der Waals surface area contributed by atoms with Gasteiger partial charge in [-0.1, -0.05) is 5.16 Å². The van der Waals surface area contributed by atoms with E-state index in [1.807, 2.05) is 13.1 Å². The van der Waals surface area contributed by atoms with E-state index >= 15 is 0 Å². The molecule has 7 nitrogen and oxygen atoms in total. The molecule has 0 saturated carbocycles. The highest BCUT2D eigenvalue weighted by molar-refractivity contribution is 5.92. The number of hydrogen-bond acceptors (Lipinski definition) is 5. The number of carbonyl (C=O) groups is 1. The normalized spacial score (nSPS) is 20.0. The van der Waals surface area contributed by atoms with Crippen LogP contribution in [0.5, 0.6) is 0 Å². The molecular weight excluding hydrogens is 334 g/mol. The first-order valence-electron chi connectivity index (χ1n) is 7.99. The quantitative estimate of drug-likeness (QED) is 0.821. The van der Waals surface area contributed by atoms with Crippen LogP contribution in [0.3, 0.4) is 0 Å². The lowest BCUT2D eigenvalue weighted by molar-refractivity contribution is -0.118. The zero-order chi connectivity index (χ0) is 18.0. The van der Waals surface area contributed by atoms with Gasteiger partial charge in [0.2, 0.25) is 0 Å². The number of halogens is 2. The summed E-state index contributed by atoms with van der Waals surface area (Å²) in [6.45, 7) is 2.08. The molecule has 2 aromatic rings. The molecule has 1 amide bonds. The van der Waals surface area contributed by atoms with Crippen molar-refractivity contribution in [1.29, 1.82) is 0 Å². The number of methoxy groups -OCH3 is 1. The second-order valence-corrected chi connectivity index (χ2v) is 6.31. The van der Waals surface area contributed by atoms with Crippen LogP contribution in [0.25, 0.3) is 0 Å². The van der Waals surface area contributed by atoms with Crippen LogP contribution in [0, 0.1) is 12.8 Å². The zero-order valence-electron chi connectivity index (χ0n) is 14.1. The van der Waals surface area contributed by atoms with Crippen molar-refractivity contribution in [3.05, 3.63) is 35.5 Å². The van der Waals surface area contributed by atoms with Gasteiger partial charge in [0.05, 0.1) is 18.7 Å². The highest BCUT2D eigenvalue weighted by Crippen LogP contribution is 2.34. The highest BCUT2D eigenvalue weighted by atomic mass is 19.3. The summed E-state index contributed by atoms with van der Waals surface area (Å²) in [7, 11) is 1.37. The monoisotopic (exact) mass is 354 g/mol. The lowest BCUT2D eigenvalue weighted by Gasteiger charge is -2.37. The smallest absolute Gasteiger partial charge is 0.276 e. The third-order valence-corrected chi connectivity index (χ3v) is 4.27. The summed E-state index contributed by atoms with van der Waals surface area (Å²) >= 11 is 0. The Morgan fingerprint density at radius 3 is 3.00 bits per heavy atom. The minimum absolute atomic E-state index is 0.0212. The Hall–Kier alpha value is -2.29. The second-order valence-electron chi connectivity index (χ2n) is 6.31. The number of aromatic nitrogens is 3. The van der Waals surface area contributed by atoms with Gasteiger partial charge in [-0.15, -0.1) is 0 Å². The molecule has 25 heavy (non-hydrogen) atoms. The van der Waals surface area contributed by atoms with Crippen molar-refractivity contribution in [1.82, 2.24) is 19.8 Å². The molecule has 1 unspecified atom stereocenters. The number of amides is 1. The average Bonchev–Trinajstić information content (AvgIpc) is 3.18. The Balaban J connectivity index is 1.67. The molecule has 0 bridgehead atoms. The SMILES string of the molecule is COCC1CN(C(=O)c2cc(Cn3cc(C)cn3)on2)CCC1(F)F. The number of likely N-dealkylation sites (tertiary alicyclic amines) is 1. The van der Waals surface area contributed by atoms with E-state index in [1.165, 1.54) is 18.1 Å². The summed E-state index contributed by atoms with van der Waals surface area (Å²) in [5.74, 6) is -3.79. The standard InChI is InChI=1S/C16H20F2N4O3/c1-11-6-19-22(7-11)9-13-5-14(20-25-13)15(23)21-4-3-16(17,18)12(8-21)10-24-2/h5-7,12H,3-4,8-10H2,1-2H3. The molecule has 3 heterocycles. The fourth-order valence-corrected chi connectivity index (χ4v) is 2.90. The Morgan fingerprint density at radius 2 is 2.32 bits per heavy atom. The summed E-state index contributed by atoms with van der Waals surface area (Å²) in [6.07, 6.45) is 3.17. The Morgan fingerprint density at radius 1 is 1.52 bits per heavy atom. The van der Waals surface area contributed by atoms with E-state index < -0.39 is 17.7 Å². The topological polar surface area (TPSA) is 73.4 Å². The van der Waals surface area contributed by atoms with E-state index in [4.69, 9.17) is 9.26 Å². The van der Waals surface area contributed by atoms with Crippen molar-refractivity contribution in [3.63, 3.8) is 0 Å². The van der Waals surface area contributed by atoms with E-state index in [2.05, 4.69) is 10.3 Å². The van der Waals surface area contributed by atoms with E-state index in [1.54, 1.807) is 10.9 Å². The third-order valence-electron chi connectivity index (χ3n) is 4.27. The fourth-order valence-electron chi connectivity index (χ4n) is 2.90. The van der Waals surface area contributed by atoms with E-state index in [9.17, 15) is 13.6 Å². The van der Waals surface area contributed by atoms with Crippen molar-refractivity contribution in [2.24, 2.45) is 5.92 Å². The first-order chi connectivity index (χ1) is 11.9. The maximum atomic E-state index is 13.9. The number of alkyl halides is 2. The molecule has 0 spiro atoms. The molecule has 0 radical (unpaired) electrons. The van der Waals surface area contributed by atoms with Gasteiger partial charge in [-0.3, -0.25) is 9.48 Å². The van der Waals surface area contributed by atoms with Gasteiger partial charge in [0.25, 0.3) is 11.8 Å². The summed E-state index contributed by atoms with van der Waals surface area (Å²) in [6, 6.07) is 1.53. The molecule has 0 aliphatic carbocycles. The molecule has 0 aromatic carbocycles. The highest BCUT2D eigenvalue weighted by Gasteiger charge is 2.45. The molecular formula is C16H20F2N4O3. The lowest BCUT2D eigenvalue weighted by atomic mass is 9.94. The van der Waals surface area contributed by atoms with Crippen LogP contribution < -0.4 is 0 Å². The van der Waals surface area contributed by atoms with Gasteiger partial charge < -0.3 is 14.2 Å². The van der Waals surface area contributed by atoms with Crippen molar-refractivity contribution < 1.29 is 22.8 Å². The number of hydrogen-bond donors (Lipinski definition) is 0. The summed E-state index contributed by atoms with van der Waals surface area (Å²) in [5.41, 5.74) is 1.12. The summed E-state index contributed by atoms with van der Waals surface area (Å²) in [5, 5.41) is 7.91. The number of piperidine rings is 1. The molecule has 1 aliphatic rings.